The summed E-state index contributed by atoms with van der Waals surface area (Å²) in [7, 11) is 2.50. The zero-order valence-corrected chi connectivity index (χ0v) is 70.8. The number of carboxylic acid groups (broad SMARTS) is 1. The quantitative estimate of drug-likeness (QED) is 0.0323. The molecule has 11 amide bonds. The Bertz CT molecular complexity index is 4330. The second kappa shape index (κ2) is 47.5. The molecule has 0 bridgehead atoms. The summed E-state index contributed by atoms with van der Waals surface area (Å²) in [6.45, 7) is 6.32. The number of hydrogen-bond acceptors (Lipinski definition) is 21. The summed E-state index contributed by atoms with van der Waals surface area (Å²) in [4.78, 5) is 232. The molecule has 120 heavy (non-hydrogen) atoms. The molecule has 6 rings (SSSR count). The number of Topliss-reactive ketones (excluding diaryl/α,β-unsaturated/α-hetero) is 4. The first-order chi connectivity index (χ1) is 56.7. The molecular weight excluding hydrogens is 1610 g/mol. The van der Waals surface area contributed by atoms with Gasteiger partial charge < -0.3 is 83.8 Å². The van der Waals surface area contributed by atoms with Gasteiger partial charge in [-0.2, -0.15) is 0 Å². The van der Waals surface area contributed by atoms with Crippen molar-refractivity contribution in [3.8, 4) is 11.1 Å². The van der Waals surface area contributed by atoms with Crippen molar-refractivity contribution in [2.75, 3.05) is 45.3 Å². The lowest BCUT2D eigenvalue weighted by Crippen LogP contribution is -2.59. The van der Waals surface area contributed by atoms with Crippen LogP contribution in [-0.2, 0) is 96.0 Å². The summed E-state index contributed by atoms with van der Waals surface area (Å²) in [6.07, 6.45) is -7.50. The molecule has 0 aromatic heterocycles. The fourth-order valence-corrected chi connectivity index (χ4v) is 15.2. The molecule has 0 saturated carbocycles. The fraction of sp³-hybridized carbons (Fsp3) is 0.512. The van der Waals surface area contributed by atoms with Crippen LogP contribution in [0.25, 0.3) is 11.1 Å². The summed E-state index contributed by atoms with van der Waals surface area (Å²) in [5.41, 5.74) is 14.1. The predicted octanol–water partition coefficient (Wildman–Crippen LogP) is 2.31. The highest BCUT2D eigenvalue weighted by Gasteiger charge is 2.43. The highest BCUT2D eigenvalue weighted by Crippen LogP contribution is 2.30. The number of benzene rings is 4. The molecule has 0 aliphatic carbocycles. The molecule has 36 heteroatoms. The number of unbranched alkanes of at least 4 members (excludes halogenated alkanes) is 1. The smallest absolute Gasteiger partial charge is 0.304 e. The van der Waals surface area contributed by atoms with E-state index in [1.807, 2.05) is 30.3 Å². The van der Waals surface area contributed by atoms with Crippen LogP contribution in [0, 0.1) is 35.0 Å². The number of halogens is 2. The monoisotopic (exact) mass is 1720 g/mol. The van der Waals surface area contributed by atoms with Crippen molar-refractivity contribution < 1.29 is 97.1 Å². The van der Waals surface area contributed by atoms with Gasteiger partial charge in [-0.25, -0.2) is 0 Å². The highest BCUT2D eigenvalue weighted by molar-refractivity contribution is 8.00. The molecule has 16 N–H and O–H groups in total. The molecule has 0 unspecified atom stereocenters. The predicted molar refractivity (Wildman–Crippen MR) is 447 cm³/mol. The van der Waals surface area contributed by atoms with Gasteiger partial charge in [0.1, 0.15) is 36.3 Å². The number of aliphatic hydroxyl groups is 3. The van der Waals surface area contributed by atoms with Crippen molar-refractivity contribution in [1.29, 1.82) is 5.41 Å². The molecule has 4 aromatic rings. The first kappa shape index (κ1) is 98.3. The lowest BCUT2D eigenvalue weighted by Gasteiger charge is -2.32. The van der Waals surface area contributed by atoms with Crippen LogP contribution in [0.2, 0.25) is 10.0 Å². The highest BCUT2D eigenvalue weighted by atomic mass is 35.5. The number of nitrogens with one attached hydrogen (secondary N) is 8. The number of hydrogen-bond donors (Lipinski definition) is 14. The van der Waals surface area contributed by atoms with Gasteiger partial charge >= 0.3 is 5.97 Å². The molecule has 4 aromatic carbocycles. The number of carbonyl (C=O) groups is 16. The minimum Gasteiger partial charge on any atom is -0.481 e. The van der Waals surface area contributed by atoms with Gasteiger partial charge in [0, 0.05) is 76.8 Å². The van der Waals surface area contributed by atoms with Crippen molar-refractivity contribution >= 4 is 135 Å². The summed E-state index contributed by atoms with van der Waals surface area (Å²) >= 11 is 13.6. The molecule has 2 saturated heterocycles. The number of aliphatic carboxylic acids is 1. The zero-order chi connectivity index (χ0) is 88.9. The summed E-state index contributed by atoms with van der Waals surface area (Å²) in [5.74, 6) is -23.0. The average Bonchev–Trinajstić information content (AvgIpc) is 1.73. The first-order valence-electron chi connectivity index (χ1n) is 39.7. The Labute approximate surface area is 710 Å². The van der Waals surface area contributed by atoms with Gasteiger partial charge in [0.05, 0.1) is 83.4 Å². The molecule has 652 valence electrons. The normalized spacial score (nSPS) is 24.9. The van der Waals surface area contributed by atoms with Crippen LogP contribution < -0.4 is 48.7 Å². The fourth-order valence-electron chi connectivity index (χ4n) is 14.1. The van der Waals surface area contributed by atoms with Crippen LogP contribution in [-0.4, -0.2) is 247 Å². The third-order valence-electron chi connectivity index (χ3n) is 21.5. The van der Waals surface area contributed by atoms with Crippen LogP contribution in [0.15, 0.2) is 103 Å². The number of carboxylic acids is 1. The summed E-state index contributed by atoms with van der Waals surface area (Å²) < 4.78 is 0. The van der Waals surface area contributed by atoms with E-state index < -0.39 is 241 Å². The van der Waals surface area contributed by atoms with Gasteiger partial charge in [0.15, 0.2) is 23.1 Å². The van der Waals surface area contributed by atoms with Gasteiger partial charge in [-0.05, 0) is 112 Å². The first-order valence-corrected chi connectivity index (χ1v) is 41.6. The SMILES string of the molecule is CC(C)[C@@H]1CC(=O)[C@H](Cc2ccccc2)NC(=O)CSC[C@@H](C(=O)NCC(N)=O)NC(=O)[C@@H]2CCCN2C(=O)[C@H](CCCCC(=N)N)NC(=O)[C@H](CC(=O)O)CC(=O)[C@H](C)N(C)C(=O)[C@H](Cc2ccc(Cl)c(Cl)c2)CC(=O)[C@H](C)N(C)C(=O)[C@H](Cc2ccc(-c3ccccc3)cc2)NC(=O)[C@H]([C@@H](C)O)NC(=O)[C@H]([C@@H](C)O)CC(=O)[C@H](CO)NC1=O. The topological polar surface area (TPSA) is 524 Å². The van der Waals surface area contributed by atoms with E-state index in [0.29, 0.717) is 16.7 Å². The second-order valence-electron chi connectivity index (χ2n) is 31.0. The average molecular weight is 1730 g/mol. The maximum Gasteiger partial charge on any atom is 0.304 e. The molecular formula is C84H111Cl2N13O20S. The number of thioether (sulfide) groups is 1. The number of nitrogens with two attached hydrogens (primary N) is 2. The van der Waals surface area contributed by atoms with E-state index in [1.165, 1.54) is 40.1 Å². The van der Waals surface area contributed by atoms with E-state index in [4.69, 9.17) is 40.1 Å². The molecule has 2 aliphatic rings. The number of amidine groups is 1. The molecule has 2 fully saturated rings. The van der Waals surface area contributed by atoms with Crippen molar-refractivity contribution in [2.24, 2.45) is 41.1 Å². The standard InChI is InChI=1S/C84H111Cl2N13O20S/c1-45(2)57-39-69(105)62(34-50-18-11-9-12-19-50)91-73(108)44-120-43-65(79(114)90-41-72(89)107)95-80(115)66-23-17-31-99(66)84(119)61(22-15-16-24-71(87)88)92-76(111)55(38-74(109)110)36-67(103)46(3)97(7)82(117)56(32-52-27-30-59(85)60(86)33-52)37-68(104)47(4)98(8)83(118)63(35-51-25-28-54(29-26-51)53-20-13-10-14-21-53)93-81(116)75(49(6)102)96-78(113)58(48(5)101)40-70(106)64(42-100)94-77(57)112/h9-14,18-21,25-30,33,45-49,55-58,61-66,75,100-102H,15-17,22-24,31-32,34-44H2,1-8H3,(H3,87,88)(H2,89,107)(H,90,114)(H,91,108)(H,92,111)(H,93,116)(H,94,112)(H,95,115)(H,96,113)(H,109,110)/t46-,47-,48+,49+,55-,56+,57-,58-,61-,62-,63-,64-,65-,66-,75-/m0/s1. The second-order valence-corrected chi connectivity index (χ2v) is 32.8. The summed E-state index contributed by atoms with van der Waals surface area (Å²) in [6, 6.07) is 15.2. The van der Waals surface area contributed by atoms with Gasteiger partial charge in [-0.15, -0.1) is 11.8 Å². The molecule has 2 aliphatic heterocycles. The van der Waals surface area contributed by atoms with Crippen molar-refractivity contribution in [3.63, 3.8) is 0 Å². The zero-order valence-electron chi connectivity index (χ0n) is 68.5. The maximum absolute atomic E-state index is 15.2. The van der Waals surface area contributed by atoms with Crippen LogP contribution >= 0.6 is 35.0 Å². The lowest BCUT2D eigenvalue weighted by atomic mass is 9.86. The largest absolute Gasteiger partial charge is 0.481 e. The number of fused-ring (bicyclic) bond motifs is 1. The van der Waals surface area contributed by atoms with Crippen LogP contribution in [0.4, 0.5) is 0 Å². The van der Waals surface area contributed by atoms with Crippen LogP contribution in [0.1, 0.15) is 129 Å². The Hall–Kier alpha value is -10.5. The van der Waals surface area contributed by atoms with Gasteiger partial charge in [-0.1, -0.05) is 134 Å². The minimum absolute atomic E-state index is 0.00701. The Morgan fingerprint density at radius 2 is 1.12 bits per heavy atom. The van der Waals surface area contributed by atoms with Gasteiger partial charge in [-0.3, -0.25) is 82.1 Å². The third-order valence-corrected chi connectivity index (χ3v) is 23.3. The Kier molecular flexibility index (Phi) is 38.9. The number of amides is 11. The minimum atomic E-state index is -1.93. The van der Waals surface area contributed by atoms with Crippen molar-refractivity contribution in [1.82, 2.24) is 51.9 Å². The molecule has 15 atom stereocenters. The van der Waals surface area contributed by atoms with Crippen molar-refractivity contribution in [3.05, 3.63) is 130 Å². The van der Waals surface area contributed by atoms with Crippen molar-refractivity contribution in [2.45, 2.75) is 198 Å². The summed E-state index contributed by atoms with van der Waals surface area (Å²) in [5, 5.41) is 69.1. The van der Waals surface area contributed by atoms with E-state index in [2.05, 4.69) is 37.2 Å². The Morgan fingerprint density at radius 1 is 0.575 bits per heavy atom. The maximum atomic E-state index is 15.2. The molecule has 2 heterocycles. The molecule has 0 radical (unpaired) electrons. The Morgan fingerprint density at radius 3 is 1.71 bits per heavy atom. The number of nitrogens with zero attached hydrogens (tertiary/aromatic N) is 3. The Balaban J connectivity index is 1.42. The number of rotatable bonds is 21. The van der Waals surface area contributed by atoms with Crippen LogP contribution in [0.5, 0.6) is 0 Å². The van der Waals surface area contributed by atoms with E-state index >= 15 is 9.59 Å². The van der Waals surface area contributed by atoms with Gasteiger partial charge in [0.2, 0.25) is 65.0 Å². The molecule has 33 nitrogen and oxygen atoms in total. The van der Waals surface area contributed by atoms with E-state index in [0.717, 1.165) is 51.4 Å². The van der Waals surface area contributed by atoms with E-state index in [1.54, 1.807) is 74.5 Å². The third kappa shape index (κ3) is 29.7. The van der Waals surface area contributed by atoms with E-state index in [-0.39, 0.29) is 86.0 Å². The number of carbonyl (C=O) groups excluding carboxylic acids is 15. The van der Waals surface area contributed by atoms with E-state index in [9.17, 15) is 87.5 Å². The number of primary amides is 1. The number of ketones is 4. The lowest BCUT2D eigenvalue weighted by molar-refractivity contribution is -0.146. The molecule has 0 spiro atoms. The van der Waals surface area contributed by atoms with Gasteiger partial charge in [0.25, 0.3) is 0 Å². The number of aliphatic hydroxyl groups excluding tert-OH is 3. The number of likely N-dealkylation sites (N-methyl/N-ethyl adjacent to an activating group) is 2. The van der Waals surface area contributed by atoms with Crippen LogP contribution in [0.3, 0.4) is 0 Å².